The molecule has 0 spiro atoms. The van der Waals surface area contributed by atoms with E-state index in [2.05, 4.69) is 5.32 Å². The van der Waals surface area contributed by atoms with Gasteiger partial charge in [-0.2, -0.15) is 0 Å². The molecule has 1 atom stereocenters. The topological polar surface area (TPSA) is 92.8 Å². The van der Waals surface area contributed by atoms with E-state index in [4.69, 9.17) is 4.74 Å². The van der Waals surface area contributed by atoms with Gasteiger partial charge in [-0.1, -0.05) is 30.3 Å². The van der Waals surface area contributed by atoms with Crippen LogP contribution in [0.15, 0.2) is 42.5 Å². The number of hydrogen-bond acceptors (Lipinski definition) is 5. The summed E-state index contributed by atoms with van der Waals surface area (Å²) in [5.41, 5.74) is 2.74. The molecule has 28 heavy (non-hydrogen) atoms. The Bertz CT molecular complexity index is 967. The number of rotatable bonds is 5. The van der Waals surface area contributed by atoms with Gasteiger partial charge in [0.15, 0.2) is 0 Å². The van der Waals surface area contributed by atoms with Crippen molar-refractivity contribution >= 4 is 24.0 Å². The van der Waals surface area contributed by atoms with Crippen molar-refractivity contribution in [3.63, 3.8) is 0 Å². The lowest BCUT2D eigenvalue weighted by atomic mass is 10.0. The molecule has 1 N–H and O–H groups in total. The molecule has 0 saturated carbocycles. The first-order chi connectivity index (χ1) is 13.6. The fourth-order valence-corrected chi connectivity index (χ4v) is 3.55. The van der Waals surface area contributed by atoms with Crippen LogP contribution in [0, 0.1) is 0 Å². The highest BCUT2D eigenvalue weighted by Crippen LogP contribution is 2.33. The highest BCUT2D eigenvalue weighted by molar-refractivity contribution is 6.05. The Hall–Kier alpha value is -3.48. The Kier molecular flexibility index (Phi) is 4.65. The van der Waals surface area contributed by atoms with Crippen molar-refractivity contribution in [3.8, 4) is 5.75 Å². The number of hydrogen-bond donors (Lipinski definition) is 1. The van der Waals surface area contributed by atoms with Crippen LogP contribution < -0.4 is 10.1 Å². The van der Waals surface area contributed by atoms with Crippen LogP contribution in [0.25, 0.3) is 0 Å². The number of fused-ring (bicyclic) bond motifs is 1. The molecule has 2 aliphatic heterocycles. The van der Waals surface area contributed by atoms with E-state index < -0.39 is 11.9 Å². The zero-order valence-electron chi connectivity index (χ0n) is 15.0. The summed E-state index contributed by atoms with van der Waals surface area (Å²) in [6, 6.07) is 11.7. The molecule has 7 nitrogen and oxygen atoms in total. The molecule has 2 aromatic rings. The molecular weight excluding hydrogens is 360 g/mol. The summed E-state index contributed by atoms with van der Waals surface area (Å²) < 4.78 is 5.91. The van der Waals surface area contributed by atoms with Gasteiger partial charge in [-0.05, 0) is 24.1 Å². The van der Waals surface area contributed by atoms with E-state index in [1.54, 1.807) is 30.3 Å². The van der Waals surface area contributed by atoms with Gasteiger partial charge in [0.25, 0.3) is 5.91 Å². The van der Waals surface area contributed by atoms with Gasteiger partial charge >= 0.3 is 0 Å². The molecule has 2 aromatic carbocycles. The molecule has 0 radical (unpaired) electrons. The molecule has 142 valence electrons. The molecule has 1 fully saturated rings. The van der Waals surface area contributed by atoms with Crippen molar-refractivity contribution in [2.75, 3.05) is 0 Å². The molecule has 4 rings (SSSR count). The Labute approximate surface area is 161 Å². The van der Waals surface area contributed by atoms with Gasteiger partial charge in [0, 0.05) is 23.1 Å². The monoisotopic (exact) mass is 378 g/mol. The number of imide groups is 1. The van der Waals surface area contributed by atoms with Crippen LogP contribution in [-0.4, -0.2) is 34.9 Å². The van der Waals surface area contributed by atoms with Gasteiger partial charge in [0.1, 0.15) is 24.7 Å². The van der Waals surface area contributed by atoms with Gasteiger partial charge in [-0.25, -0.2) is 0 Å². The molecular formula is C21H18N2O5. The van der Waals surface area contributed by atoms with Crippen LogP contribution in [0.4, 0.5) is 0 Å². The van der Waals surface area contributed by atoms with Crippen LogP contribution >= 0.6 is 0 Å². The average molecular weight is 378 g/mol. The Morgan fingerprint density at radius 1 is 1.11 bits per heavy atom. The van der Waals surface area contributed by atoms with Crippen LogP contribution in [0.3, 0.4) is 0 Å². The lowest BCUT2D eigenvalue weighted by Gasteiger charge is -2.29. The Balaban J connectivity index is 1.51. The van der Waals surface area contributed by atoms with Gasteiger partial charge in [-0.3, -0.25) is 24.5 Å². The summed E-state index contributed by atoms with van der Waals surface area (Å²) in [6.07, 6.45) is 1.32. The summed E-state index contributed by atoms with van der Waals surface area (Å²) in [5.74, 6) is -0.393. The van der Waals surface area contributed by atoms with E-state index in [0.717, 1.165) is 17.4 Å². The number of piperidine rings is 1. The van der Waals surface area contributed by atoms with Gasteiger partial charge < -0.3 is 9.64 Å². The number of amides is 3. The number of carbonyl (C=O) groups excluding carboxylic acids is 4. The lowest BCUT2D eigenvalue weighted by molar-refractivity contribution is -0.136. The van der Waals surface area contributed by atoms with Crippen molar-refractivity contribution < 1.29 is 23.9 Å². The minimum absolute atomic E-state index is 0.219. The maximum Gasteiger partial charge on any atom is 0.255 e. The van der Waals surface area contributed by atoms with E-state index in [0.29, 0.717) is 29.9 Å². The maximum atomic E-state index is 12.8. The Morgan fingerprint density at radius 2 is 1.89 bits per heavy atom. The van der Waals surface area contributed by atoms with E-state index in [9.17, 15) is 19.2 Å². The summed E-state index contributed by atoms with van der Waals surface area (Å²) in [6.45, 7) is 0.558. The molecule has 0 aromatic heterocycles. The average Bonchev–Trinajstić information content (AvgIpc) is 3.04. The molecule has 2 aliphatic rings. The van der Waals surface area contributed by atoms with E-state index in [1.165, 1.54) is 4.90 Å². The number of aldehydes is 1. The van der Waals surface area contributed by atoms with Gasteiger partial charge in [0.05, 0.1) is 6.54 Å². The van der Waals surface area contributed by atoms with E-state index in [1.807, 2.05) is 12.1 Å². The summed E-state index contributed by atoms with van der Waals surface area (Å²) in [7, 11) is 0. The second-order valence-electron chi connectivity index (χ2n) is 6.83. The number of benzene rings is 2. The molecule has 7 heteroatoms. The SMILES string of the molecule is O=Cc1ccc(COc2cccc3c2CN(C2CCC(=O)NC2=O)C3=O)cc1. The van der Waals surface area contributed by atoms with Crippen molar-refractivity contribution in [2.24, 2.45) is 0 Å². The highest BCUT2D eigenvalue weighted by atomic mass is 16.5. The van der Waals surface area contributed by atoms with Crippen molar-refractivity contribution in [1.29, 1.82) is 0 Å². The van der Waals surface area contributed by atoms with E-state index in [-0.39, 0.29) is 24.8 Å². The van der Waals surface area contributed by atoms with Gasteiger partial charge in [0.2, 0.25) is 11.8 Å². The second-order valence-corrected chi connectivity index (χ2v) is 6.83. The predicted octanol–water partition coefficient (Wildman–Crippen LogP) is 1.84. The van der Waals surface area contributed by atoms with Crippen molar-refractivity contribution in [1.82, 2.24) is 10.2 Å². The number of ether oxygens (including phenoxy) is 1. The maximum absolute atomic E-state index is 12.8. The first kappa shape index (κ1) is 17.9. The zero-order chi connectivity index (χ0) is 19.7. The first-order valence-corrected chi connectivity index (χ1v) is 9.00. The fraction of sp³-hybridized carbons (Fsp3) is 0.238. The molecule has 2 heterocycles. The minimum atomic E-state index is -0.652. The second kappa shape index (κ2) is 7.26. The van der Waals surface area contributed by atoms with Crippen LogP contribution in [0.5, 0.6) is 5.75 Å². The summed E-state index contributed by atoms with van der Waals surface area (Å²) >= 11 is 0. The third kappa shape index (κ3) is 3.26. The molecule has 0 bridgehead atoms. The quantitative estimate of drug-likeness (QED) is 0.633. The predicted molar refractivity (Wildman–Crippen MR) is 98.6 cm³/mol. The molecule has 1 unspecified atom stereocenters. The summed E-state index contributed by atoms with van der Waals surface area (Å²) in [5, 5.41) is 2.30. The highest BCUT2D eigenvalue weighted by Gasteiger charge is 2.40. The largest absolute Gasteiger partial charge is 0.489 e. The smallest absolute Gasteiger partial charge is 0.255 e. The Morgan fingerprint density at radius 3 is 2.61 bits per heavy atom. The van der Waals surface area contributed by atoms with Gasteiger partial charge in [-0.15, -0.1) is 0 Å². The number of nitrogens with zero attached hydrogens (tertiary/aromatic N) is 1. The first-order valence-electron chi connectivity index (χ1n) is 9.00. The third-order valence-electron chi connectivity index (χ3n) is 5.05. The van der Waals surface area contributed by atoms with Crippen LogP contribution in [0.1, 0.15) is 44.7 Å². The van der Waals surface area contributed by atoms with E-state index >= 15 is 0 Å². The minimum Gasteiger partial charge on any atom is -0.489 e. The number of carbonyl (C=O) groups is 4. The zero-order valence-corrected chi connectivity index (χ0v) is 15.0. The van der Waals surface area contributed by atoms with Crippen molar-refractivity contribution in [2.45, 2.75) is 32.0 Å². The normalized spacial score (nSPS) is 18.6. The van der Waals surface area contributed by atoms with Crippen LogP contribution in [-0.2, 0) is 22.7 Å². The standard InChI is InChI=1S/C21H18N2O5/c24-11-13-4-6-14(7-5-13)12-28-18-3-1-2-15-16(18)10-23(21(15)27)17-8-9-19(25)22-20(17)26/h1-7,11,17H,8-10,12H2,(H,22,25,26). The lowest BCUT2D eigenvalue weighted by Crippen LogP contribution is -2.52. The van der Waals surface area contributed by atoms with Crippen molar-refractivity contribution in [3.05, 3.63) is 64.7 Å². The third-order valence-corrected chi connectivity index (χ3v) is 5.05. The van der Waals surface area contributed by atoms with Crippen LogP contribution in [0.2, 0.25) is 0 Å². The fourth-order valence-electron chi connectivity index (χ4n) is 3.55. The summed E-state index contributed by atoms with van der Waals surface area (Å²) in [4.78, 5) is 48.6. The molecule has 0 aliphatic carbocycles. The molecule has 3 amide bonds. The number of nitrogens with one attached hydrogen (secondary N) is 1. The molecule has 1 saturated heterocycles.